The van der Waals surface area contributed by atoms with Gasteiger partial charge in [-0.1, -0.05) is 28.1 Å². The summed E-state index contributed by atoms with van der Waals surface area (Å²) >= 11 is 3.15. The average Bonchev–Trinajstić information content (AvgIpc) is 2.23. The van der Waals surface area contributed by atoms with E-state index in [0.29, 0.717) is 10.0 Å². The minimum absolute atomic E-state index is 0.303. The van der Waals surface area contributed by atoms with E-state index in [1.165, 1.54) is 12.1 Å². The fraction of sp³-hybridized carbons (Fsp3) is 0.273. The molecule has 1 atom stereocenters. The normalized spacial score (nSPS) is 12.8. The van der Waals surface area contributed by atoms with Gasteiger partial charge < -0.3 is 11.1 Å². The van der Waals surface area contributed by atoms with Gasteiger partial charge in [0.25, 0.3) is 0 Å². The Balaban J connectivity index is 2.85. The summed E-state index contributed by atoms with van der Waals surface area (Å²) in [5.74, 6) is -2.25. The zero-order valence-corrected chi connectivity index (χ0v) is 11.1. The standard InChI is InChI=1S/C11H10BrF3N2O2/c12-7-3-1-2-6(4-7)9(10(16)19)17-8(18)5-11(13,14)15/h1-4,9H,5H2,(H2,16,19)(H,17,18)/t9-/m1/s1. The van der Waals surface area contributed by atoms with Gasteiger partial charge in [-0.15, -0.1) is 0 Å². The number of halogens is 4. The lowest BCUT2D eigenvalue weighted by Gasteiger charge is -2.16. The van der Waals surface area contributed by atoms with Gasteiger partial charge in [-0.05, 0) is 17.7 Å². The van der Waals surface area contributed by atoms with E-state index in [4.69, 9.17) is 5.73 Å². The highest BCUT2D eigenvalue weighted by Crippen LogP contribution is 2.21. The smallest absolute Gasteiger partial charge is 0.368 e. The lowest BCUT2D eigenvalue weighted by atomic mass is 10.1. The third-order valence-corrected chi connectivity index (χ3v) is 2.63. The molecule has 0 radical (unpaired) electrons. The number of carbonyl (C=O) groups excluding carboxylic acids is 2. The van der Waals surface area contributed by atoms with Gasteiger partial charge in [0.2, 0.25) is 11.8 Å². The summed E-state index contributed by atoms with van der Waals surface area (Å²) in [6, 6.07) is 4.91. The summed E-state index contributed by atoms with van der Waals surface area (Å²) in [5, 5.41) is 1.96. The van der Waals surface area contributed by atoms with E-state index < -0.39 is 30.5 Å². The number of hydrogen-bond donors (Lipinski definition) is 2. The first-order valence-corrected chi connectivity index (χ1v) is 5.89. The zero-order valence-electron chi connectivity index (χ0n) is 9.50. The molecule has 0 aliphatic carbocycles. The van der Waals surface area contributed by atoms with Crippen molar-refractivity contribution in [2.45, 2.75) is 18.6 Å². The Morgan fingerprint density at radius 1 is 1.37 bits per heavy atom. The number of hydrogen-bond acceptors (Lipinski definition) is 2. The SMILES string of the molecule is NC(=O)[C@H](NC(=O)CC(F)(F)F)c1cccc(Br)c1. The molecule has 0 aliphatic heterocycles. The second-order valence-electron chi connectivity index (χ2n) is 3.75. The van der Waals surface area contributed by atoms with E-state index in [-0.39, 0.29) is 0 Å². The molecule has 0 heterocycles. The van der Waals surface area contributed by atoms with Crippen LogP contribution in [0.15, 0.2) is 28.7 Å². The van der Waals surface area contributed by atoms with Gasteiger partial charge in [0.15, 0.2) is 0 Å². The van der Waals surface area contributed by atoms with Crippen LogP contribution in [0.2, 0.25) is 0 Å². The molecule has 19 heavy (non-hydrogen) atoms. The van der Waals surface area contributed by atoms with Crippen molar-refractivity contribution in [1.82, 2.24) is 5.32 Å². The third kappa shape index (κ3) is 5.29. The van der Waals surface area contributed by atoms with E-state index >= 15 is 0 Å². The maximum atomic E-state index is 12.0. The predicted octanol–water partition coefficient (Wildman–Crippen LogP) is 2.04. The van der Waals surface area contributed by atoms with Gasteiger partial charge in [0, 0.05) is 4.47 Å². The number of carbonyl (C=O) groups is 2. The summed E-state index contributed by atoms with van der Waals surface area (Å²) in [7, 11) is 0. The monoisotopic (exact) mass is 338 g/mol. The Kier molecular flexibility index (Phi) is 4.93. The topological polar surface area (TPSA) is 72.2 Å². The van der Waals surface area contributed by atoms with Crippen molar-refractivity contribution >= 4 is 27.7 Å². The molecule has 0 saturated heterocycles. The van der Waals surface area contributed by atoms with Gasteiger partial charge in [-0.3, -0.25) is 9.59 Å². The lowest BCUT2D eigenvalue weighted by Crippen LogP contribution is -2.39. The second-order valence-corrected chi connectivity index (χ2v) is 4.67. The highest BCUT2D eigenvalue weighted by molar-refractivity contribution is 9.10. The molecule has 0 aromatic heterocycles. The predicted molar refractivity (Wildman–Crippen MR) is 64.9 cm³/mol. The molecule has 104 valence electrons. The van der Waals surface area contributed by atoms with Crippen molar-refractivity contribution in [1.29, 1.82) is 0 Å². The van der Waals surface area contributed by atoms with Crippen LogP contribution in [0, 0.1) is 0 Å². The van der Waals surface area contributed by atoms with Crippen LogP contribution in [0.3, 0.4) is 0 Å². The summed E-state index contributed by atoms with van der Waals surface area (Å²) in [4.78, 5) is 22.4. The van der Waals surface area contributed by atoms with Crippen molar-refractivity contribution in [3.05, 3.63) is 34.3 Å². The summed E-state index contributed by atoms with van der Waals surface area (Å²) in [6.07, 6.45) is -6.30. The van der Waals surface area contributed by atoms with E-state index in [1.54, 1.807) is 12.1 Å². The molecule has 4 nitrogen and oxygen atoms in total. The summed E-state index contributed by atoms with van der Waals surface area (Å²) in [5.41, 5.74) is 5.38. The van der Waals surface area contributed by atoms with E-state index in [9.17, 15) is 22.8 Å². The highest BCUT2D eigenvalue weighted by Gasteiger charge is 2.33. The Labute approximate surface area is 115 Å². The highest BCUT2D eigenvalue weighted by atomic mass is 79.9. The molecular weight excluding hydrogens is 329 g/mol. The minimum atomic E-state index is -4.64. The van der Waals surface area contributed by atoms with Crippen molar-refractivity contribution in [2.24, 2.45) is 5.73 Å². The Bertz CT molecular complexity index is 491. The molecule has 0 saturated carbocycles. The molecule has 3 N–H and O–H groups in total. The molecule has 0 spiro atoms. The summed E-state index contributed by atoms with van der Waals surface area (Å²) < 4.78 is 36.7. The molecule has 1 aromatic carbocycles. The van der Waals surface area contributed by atoms with Crippen molar-refractivity contribution < 1.29 is 22.8 Å². The molecule has 0 aliphatic rings. The number of primary amides is 1. The van der Waals surface area contributed by atoms with Crippen LogP contribution in [0.25, 0.3) is 0 Å². The van der Waals surface area contributed by atoms with Crippen LogP contribution >= 0.6 is 15.9 Å². The Morgan fingerprint density at radius 3 is 2.47 bits per heavy atom. The van der Waals surface area contributed by atoms with Crippen molar-refractivity contribution in [2.75, 3.05) is 0 Å². The number of nitrogens with one attached hydrogen (secondary N) is 1. The Morgan fingerprint density at radius 2 is 2.00 bits per heavy atom. The van der Waals surface area contributed by atoms with Crippen LogP contribution < -0.4 is 11.1 Å². The molecule has 0 fully saturated rings. The largest absolute Gasteiger partial charge is 0.397 e. The van der Waals surface area contributed by atoms with Crippen LogP contribution in [-0.4, -0.2) is 18.0 Å². The van der Waals surface area contributed by atoms with Gasteiger partial charge >= 0.3 is 6.18 Å². The van der Waals surface area contributed by atoms with E-state index in [1.807, 2.05) is 5.32 Å². The fourth-order valence-corrected chi connectivity index (χ4v) is 1.82. The van der Waals surface area contributed by atoms with Gasteiger partial charge in [-0.2, -0.15) is 13.2 Å². The van der Waals surface area contributed by atoms with Gasteiger partial charge in [0.05, 0.1) is 0 Å². The lowest BCUT2D eigenvalue weighted by molar-refractivity contribution is -0.155. The molecule has 8 heteroatoms. The number of amides is 2. The van der Waals surface area contributed by atoms with Crippen molar-refractivity contribution in [3.63, 3.8) is 0 Å². The Hall–Kier alpha value is -1.57. The first-order chi connectivity index (χ1) is 8.69. The third-order valence-electron chi connectivity index (χ3n) is 2.13. The quantitative estimate of drug-likeness (QED) is 0.881. The van der Waals surface area contributed by atoms with Crippen molar-refractivity contribution in [3.8, 4) is 0 Å². The molecule has 0 bridgehead atoms. The second kappa shape index (κ2) is 6.05. The number of benzene rings is 1. The molecular formula is C11H10BrF3N2O2. The fourth-order valence-electron chi connectivity index (χ4n) is 1.40. The first-order valence-electron chi connectivity index (χ1n) is 5.10. The zero-order chi connectivity index (χ0) is 14.6. The van der Waals surface area contributed by atoms with Crippen LogP contribution in [0.1, 0.15) is 18.0 Å². The first kappa shape index (κ1) is 15.5. The van der Waals surface area contributed by atoms with Gasteiger partial charge in [-0.25, -0.2) is 0 Å². The van der Waals surface area contributed by atoms with Crippen LogP contribution in [-0.2, 0) is 9.59 Å². The van der Waals surface area contributed by atoms with Crippen LogP contribution in [0.5, 0.6) is 0 Å². The van der Waals surface area contributed by atoms with E-state index in [2.05, 4.69) is 15.9 Å². The maximum absolute atomic E-state index is 12.0. The molecule has 1 rings (SSSR count). The maximum Gasteiger partial charge on any atom is 0.397 e. The number of alkyl halides is 3. The number of nitrogens with two attached hydrogens (primary N) is 1. The molecule has 2 amide bonds. The summed E-state index contributed by atoms with van der Waals surface area (Å²) in [6.45, 7) is 0. The minimum Gasteiger partial charge on any atom is -0.368 e. The van der Waals surface area contributed by atoms with E-state index in [0.717, 1.165) is 0 Å². The number of rotatable bonds is 4. The van der Waals surface area contributed by atoms with Gasteiger partial charge in [0.1, 0.15) is 12.5 Å². The molecule has 1 aromatic rings. The molecule has 0 unspecified atom stereocenters. The average molecular weight is 339 g/mol. The van der Waals surface area contributed by atoms with Crippen LogP contribution in [0.4, 0.5) is 13.2 Å².